The fourth-order valence-corrected chi connectivity index (χ4v) is 2.77. The molecule has 1 unspecified atom stereocenters. The first kappa shape index (κ1) is 14.1. The lowest BCUT2D eigenvalue weighted by Gasteiger charge is -2.14. The summed E-state index contributed by atoms with van der Waals surface area (Å²) < 4.78 is 38.8. The summed E-state index contributed by atoms with van der Waals surface area (Å²) in [5, 5.41) is 8.57. The Morgan fingerprint density at radius 2 is 2.06 bits per heavy atom. The molecule has 0 aliphatic carbocycles. The first-order valence-corrected chi connectivity index (χ1v) is 6.97. The van der Waals surface area contributed by atoms with Gasteiger partial charge in [-0.25, -0.2) is 17.5 Å². The van der Waals surface area contributed by atoms with Crippen molar-refractivity contribution in [3.8, 4) is 0 Å². The fourth-order valence-electron chi connectivity index (χ4n) is 1.47. The maximum atomic E-state index is 13.4. The predicted molar refractivity (Wildman–Crippen MR) is 63.4 cm³/mol. The molecule has 96 valence electrons. The van der Waals surface area contributed by atoms with Crippen molar-refractivity contribution in [2.24, 2.45) is 0 Å². The average Bonchev–Trinajstić information content (AvgIpc) is 2.26. The van der Waals surface area contributed by atoms with Crippen molar-refractivity contribution in [2.75, 3.05) is 12.4 Å². The molecule has 0 bridgehead atoms. The van der Waals surface area contributed by atoms with Crippen LogP contribution in [0.5, 0.6) is 0 Å². The molecule has 4 nitrogen and oxygen atoms in total. The molecule has 17 heavy (non-hydrogen) atoms. The molecule has 0 spiro atoms. The molecule has 0 amide bonds. The highest BCUT2D eigenvalue weighted by atomic mass is 32.2. The van der Waals surface area contributed by atoms with Crippen molar-refractivity contribution in [3.63, 3.8) is 0 Å². The van der Waals surface area contributed by atoms with Crippen LogP contribution in [0.4, 0.5) is 4.39 Å². The summed E-state index contributed by atoms with van der Waals surface area (Å²) in [6, 6.07) is 5.39. The van der Waals surface area contributed by atoms with Crippen LogP contribution < -0.4 is 4.72 Å². The average molecular weight is 261 g/mol. The van der Waals surface area contributed by atoms with Gasteiger partial charge in [-0.15, -0.1) is 0 Å². The van der Waals surface area contributed by atoms with Crippen LogP contribution in [-0.2, 0) is 10.0 Å². The highest BCUT2D eigenvalue weighted by Crippen LogP contribution is 2.16. The van der Waals surface area contributed by atoms with Crippen molar-refractivity contribution >= 4 is 10.0 Å². The molecule has 0 saturated carbocycles. The summed E-state index contributed by atoms with van der Waals surface area (Å²) in [4.78, 5) is 0. The second kappa shape index (κ2) is 6.09. The molecule has 0 fully saturated rings. The lowest BCUT2D eigenvalue weighted by atomic mass is 10.1. The Morgan fingerprint density at radius 1 is 1.41 bits per heavy atom. The maximum Gasteiger partial charge on any atom is 0.212 e. The molecule has 6 heteroatoms. The van der Waals surface area contributed by atoms with E-state index in [-0.39, 0.29) is 18.8 Å². The molecule has 1 aromatic rings. The second-order valence-corrected chi connectivity index (χ2v) is 5.63. The molecule has 0 heterocycles. The number of aliphatic hydroxyl groups excluding tert-OH is 1. The monoisotopic (exact) mass is 261 g/mol. The van der Waals surface area contributed by atoms with Crippen molar-refractivity contribution in [1.82, 2.24) is 4.72 Å². The molecular formula is C11H16FNO3S. The van der Waals surface area contributed by atoms with E-state index in [1.807, 2.05) is 0 Å². The molecule has 0 aromatic heterocycles. The van der Waals surface area contributed by atoms with Gasteiger partial charge in [0.05, 0.1) is 5.75 Å². The van der Waals surface area contributed by atoms with E-state index >= 15 is 0 Å². The quantitative estimate of drug-likeness (QED) is 0.808. The Kier molecular flexibility index (Phi) is 5.04. The van der Waals surface area contributed by atoms with Crippen LogP contribution in [-0.4, -0.2) is 25.9 Å². The minimum atomic E-state index is -3.48. The van der Waals surface area contributed by atoms with Gasteiger partial charge < -0.3 is 5.11 Å². The number of rotatable bonds is 6. The second-order valence-electron chi connectivity index (χ2n) is 3.76. The summed E-state index contributed by atoms with van der Waals surface area (Å²) in [6.45, 7) is 1.39. The molecule has 2 N–H and O–H groups in total. The first-order valence-electron chi connectivity index (χ1n) is 5.31. The third kappa shape index (κ3) is 4.41. The Labute approximate surface area is 101 Å². The molecule has 0 aliphatic heterocycles. The minimum absolute atomic E-state index is 0.164. The van der Waals surface area contributed by atoms with Crippen LogP contribution in [0.15, 0.2) is 24.3 Å². The van der Waals surface area contributed by atoms with Gasteiger partial charge in [0.1, 0.15) is 5.82 Å². The fraction of sp³-hybridized carbons (Fsp3) is 0.455. The topological polar surface area (TPSA) is 66.4 Å². The summed E-state index contributed by atoms with van der Waals surface area (Å²) >= 11 is 0. The van der Waals surface area contributed by atoms with E-state index in [1.54, 1.807) is 19.1 Å². The van der Waals surface area contributed by atoms with Crippen LogP contribution in [0.3, 0.4) is 0 Å². The SMILES string of the molecule is CC(NS(=O)(=O)CCCO)c1ccccc1F. The number of benzene rings is 1. The van der Waals surface area contributed by atoms with E-state index in [2.05, 4.69) is 4.72 Å². The van der Waals surface area contributed by atoms with E-state index in [9.17, 15) is 12.8 Å². The minimum Gasteiger partial charge on any atom is -0.396 e. The number of nitrogens with one attached hydrogen (secondary N) is 1. The summed E-state index contributed by atoms with van der Waals surface area (Å²) in [5.41, 5.74) is 0.306. The number of sulfonamides is 1. The molecule has 0 radical (unpaired) electrons. The van der Waals surface area contributed by atoms with E-state index in [1.165, 1.54) is 12.1 Å². The highest BCUT2D eigenvalue weighted by Gasteiger charge is 2.17. The Hall–Kier alpha value is -0.980. The molecule has 1 atom stereocenters. The van der Waals surface area contributed by atoms with E-state index in [4.69, 9.17) is 5.11 Å². The largest absolute Gasteiger partial charge is 0.396 e. The van der Waals surface area contributed by atoms with Gasteiger partial charge in [0.15, 0.2) is 0 Å². The van der Waals surface area contributed by atoms with Crippen LogP contribution in [0.2, 0.25) is 0 Å². The number of aliphatic hydroxyl groups is 1. The van der Waals surface area contributed by atoms with Gasteiger partial charge in [-0.3, -0.25) is 0 Å². The zero-order chi connectivity index (χ0) is 12.9. The zero-order valence-corrected chi connectivity index (χ0v) is 10.4. The van der Waals surface area contributed by atoms with Crippen molar-refractivity contribution in [1.29, 1.82) is 0 Å². The number of hydrogen-bond acceptors (Lipinski definition) is 3. The summed E-state index contributed by atoms with van der Waals surface area (Å²) in [6.07, 6.45) is 0.166. The molecule has 1 rings (SSSR count). The van der Waals surface area contributed by atoms with Gasteiger partial charge in [0, 0.05) is 18.2 Å². The predicted octanol–water partition coefficient (Wildman–Crippen LogP) is 1.19. The standard InChI is InChI=1S/C11H16FNO3S/c1-9(10-5-2-3-6-11(10)12)13-17(15,16)8-4-7-14/h2-3,5-6,9,13-14H,4,7-8H2,1H3. The third-order valence-corrected chi connectivity index (χ3v) is 3.84. The Morgan fingerprint density at radius 3 is 2.65 bits per heavy atom. The van der Waals surface area contributed by atoms with Gasteiger partial charge in [0.25, 0.3) is 0 Å². The lowest BCUT2D eigenvalue weighted by Crippen LogP contribution is -2.29. The Balaban J connectivity index is 2.73. The van der Waals surface area contributed by atoms with E-state index < -0.39 is 21.9 Å². The van der Waals surface area contributed by atoms with Crippen LogP contribution in [0.25, 0.3) is 0 Å². The summed E-state index contributed by atoms with van der Waals surface area (Å²) in [5.74, 6) is -0.604. The van der Waals surface area contributed by atoms with Gasteiger partial charge in [-0.2, -0.15) is 0 Å². The third-order valence-electron chi connectivity index (χ3n) is 2.30. The smallest absolute Gasteiger partial charge is 0.212 e. The maximum absolute atomic E-state index is 13.4. The van der Waals surface area contributed by atoms with Gasteiger partial charge in [-0.1, -0.05) is 18.2 Å². The molecule has 1 aromatic carbocycles. The van der Waals surface area contributed by atoms with Crippen LogP contribution >= 0.6 is 0 Å². The van der Waals surface area contributed by atoms with Gasteiger partial charge >= 0.3 is 0 Å². The zero-order valence-electron chi connectivity index (χ0n) is 9.56. The number of hydrogen-bond donors (Lipinski definition) is 2. The van der Waals surface area contributed by atoms with Crippen LogP contribution in [0.1, 0.15) is 24.9 Å². The molecule has 0 aliphatic rings. The molecule has 0 saturated heterocycles. The van der Waals surface area contributed by atoms with E-state index in [0.717, 1.165) is 0 Å². The Bertz CT molecular complexity index is 462. The van der Waals surface area contributed by atoms with E-state index in [0.29, 0.717) is 5.56 Å². The van der Waals surface area contributed by atoms with Gasteiger partial charge in [-0.05, 0) is 19.4 Å². The first-order chi connectivity index (χ1) is 7.96. The highest BCUT2D eigenvalue weighted by molar-refractivity contribution is 7.89. The summed E-state index contributed by atoms with van der Waals surface area (Å²) in [7, 11) is -3.48. The lowest BCUT2D eigenvalue weighted by molar-refractivity contribution is 0.295. The van der Waals surface area contributed by atoms with Crippen molar-refractivity contribution in [2.45, 2.75) is 19.4 Å². The number of halogens is 1. The van der Waals surface area contributed by atoms with Crippen molar-refractivity contribution < 1.29 is 17.9 Å². The van der Waals surface area contributed by atoms with Crippen LogP contribution in [0, 0.1) is 5.82 Å². The normalized spacial score (nSPS) is 13.6. The van der Waals surface area contributed by atoms with Crippen molar-refractivity contribution in [3.05, 3.63) is 35.6 Å². The van der Waals surface area contributed by atoms with Gasteiger partial charge in [0.2, 0.25) is 10.0 Å². The molecular weight excluding hydrogens is 245 g/mol.